The lowest BCUT2D eigenvalue weighted by Gasteiger charge is -2.30. The fourth-order valence-corrected chi connectivity index (χ4v) is 3.21. The zero-order chi connectivity index (χ0) is 14.4. The van der Waals surface area contributed by atoms with Crippen molar-refractivity contribution in [2.45, 2.75) is 52.6 Å². The topological polar surface area (TPSA) is 15.3 Å². The summed E-state index contributed by atoms with van der Waals surface area (Å²) in [5.41, 5.74) is 2.61. The maximum atomic E-state index is 3.72. The van der Waals surface area contributed by atoms with Gasteiger partial charge in [0.2, 0.25) is 0 Å². The third-order valence-corrected chi connectivity index (χ3v) is 4.49. The molecular weight excluding hydrogens is 300 g/mol. The molecule has 1 aromatic rings. The summed E-state index contributed by atoms with van der Waals surface area (Å²) in [4.78, 5) is 2.38. The highest BCUT2D eigenvalue weighted by atomic mass is 79.9. The molecule has 1 N–H and O–H groups in total. The van der Waals surface area contributed by atoms with E-state index in [1.165, 1.54) is 28.6 Å². The largest absolute Gasteiger partial charge is 0.371 e. The molecule has 0 amide bonds. The van der Waals surface area contributed by atoms with Crippen LogP contribution in [0.2, 0.25) is 0 Å². The molecule has 2 nitrogen and oxygen atoms in total. The van der Waals surface area contributed by atoms with Gasteiger partial charge in [0.05, 0.1) is 5.69 Å². The van der Waals surface area contributed by atoms with E-state index in [0.29, 0.717) is 12.1 Å². The van der Waals surface area contributed by atoms with Gasteiger partial charge in [-0.25, -0.2) is 0 Å². The molecule has 0 heterocycles. The van der Waals surface area contributed by atoms with Crippen molar-refractivity contribution >= 4 is 21.6 Å². The molecule has 0 spiro atoms. The number of nitrogens with one attached hydrogen (secondary N) is 1. The van der Waals surface area contributed by atoms with Crippen LogP contribution >= 0.6 is 15.9 Å². The molecule has 3 heteroatoms. The molecule has 0 aliphatic rings. The van der Waals surface area contributed by atoms with Gasteiger partial charge in [-0.2, -0.15) is 0 Å². The maximum Gasteiger partial charge on any atom is 0.0510 e. The minimum atomic E-state index is 0.397. The Morgan fingerprint density at radius 2 is 1.84 bits per heavy atom. The molecule has 0 aliphatic heterocycles. The molecule has 19 heavy (non-hydrogen) atoms. The van der Waals surface area contributed by atoms with E-state index in [1.54, 1.807) is 0 Å². The summed E-state index contributed by atoms with van der Waals surface area (Å²) in [5, 5.41) is 3.45. The van der Waals surface area contributed by atoms with Crippen molar-refractivity contribution in [1.82, 2.24) is 5.32 Å². The van der Waals surface area contributed by atoms with Crippen LogP contribution in [0, 0.1) is 0 Å². The van der Waals surface area contributed by atoms with E-state index in [9.17, 15) is 0 Å². The number of benzene rings is 1. The zero-order valence-electron chi connectivity index (χ0n) is 12.8. The molecule has 0 saturated carbocycles. The number of hydrogen-bond acceptors (Lipinski definition) is 2. The maximum absolute atomic E-state index is 3.72. The van der Waals surface area contributed by atoms with Crippen LogP contribution in [0.4, 0.5) is 5.69 Å². The minimum absolute atomic E-state index is 0.397. The Hall–Kier alpha value is -0.540. The summed E-state index contributed by atoms with van der Waals surface area (Å²) >= 11 is 3.72. The van der Waals surface area contributed by atoms with E-state index in [0.717, 1.165) is 6.54 Å². The minimum Gasteiger partial charge on any atom is -0.371 e. The van der Waals surface area contributed by atoms with Gasteiger partial charge in [0.15, 0.2) is 0 Å². The van der Waals surface area contributed by atoms with Crippen molar-refractivity contribution in [2.24, 2.45) is 0 Å². The van der Waals surface area contributed by atoms with Gasteiger partial charge in [0.25, 0.3) is 0 Å². The molecule has 0 saturated heterocycles. The van der Waals surface area contributed by atoms with Crippen molar-refractivity contribution in [3.05, 3.63) is 28.2 Å². The second-order valence-corrected chi connectivity index (χ2v) is 5.93. The average molecular weight is 327 g/mol. The van der Waals surface area contributed by atoms with Gasteiger partial charge in [0.1, 0.15) is 0 Å². The molecule has 0 aliphatic carbocycles. The quantitative estimate of drug-likeness (QED) is 0.778. The van der Waals surface area contributed by atoms with Crippen molar-refractivity contribution in [1.29, 1.82) is 0 Å². The number of anilines is 1. The first-order valence-electron chi connectivity index (χ1n) is 7.30. The summed E-state index contributed by atoms with van der Waals surface area (Å²) in [5.74, 6) is 0. The Kier molecular flexibility index (Phi) is 6.87. The van der Waals surface area contributed by atoms with Gasteiger partial charge < -0.3 is 10.2 Å². The molecule has 1 atom stereocenters. The molecule has 0 radical (unpaired) electrons. The van der Waals surface area contributed by atoms with E-state index in [1.807, 2.05) is 0 Å². The van der Waals surface area contributed by atoms with Gasteiger partial charge in [-0.05, 0) is 59.9 Å². The Bertz CT molecular complexity index is 388. The first-order valence-corrected chi connectivity index (χ1v) is 8.10. The van der Waals surface area contributed by atoms with Crippen LogP contribution < -0.4 is 10.2 Å². The van der Waals surface area contributed by atoms with E-state index >= 15 is 0 Å². The van der Waals surface area contributed by atoms with Crippen molar-refractivity contribution in [3.8, 4) is 0 Å². The molecule has 0 fully saturated rings. The Morgan fingerprint density at radius 1 is 1.21 bits per heavy atom. The standard InChI is InChI=1S/C16H27BrN2/c1-6-14(7-2)19(5)16-10-9-13(11-15(16)17)12(4)18-8-3/h9-12,14,18H,6-8H2,1-5H3. The van der Waals surface area contributed by atoms with Crippen LogP contribution in [-0.4, -0.2) is 19.6 Å². The smallest absolute Gasteiger partial charge is 0.0510 e. The van der Waals surface area contributed by atoms with Crippen LogP contribution in [0.15, 0.2) is 22.7 Å². The number of rotatable bonds is 7. The summed E-state index contributed by atoms with van der Waals surface area (Å²) < 4.78 is 1.18. The highest BCUT2D eigenvalue weighted by molar-refractivity contribution is 9.10. The monoisotopic (exact) mass is 326 g/mol. The second kappa shape index (κ2) is 7.91. The number of nitrogens with zero attached hydrogens (tertiary/aromatic N) is 1. The Labute approximate surface area is 126 Å². The van der Waals surface area contributed by atoms with E-state index in [2.05, 4.69) is 79.1 Å². The predicted octanol–water partition coefficient (Wildman–Crippen LogP) is 4.74. The van der Waals surface area contributed by atoms with E-state index in [4.69, 9.17) is 0 Å². The Morgan fingerprint density at radius 3 is 2.32 bits per heavy atom. The molecular formula is C16H27BrN2. The number of hydrogen-bond donors (Lipinski definition) is 1. The normalized spacial score (nSPS) is 12.8. The lowest BCUT2D eigenvalue weighted by molar-refractivity contribution is 0.588. The van der Waals surface area contributed by atoms with Gasteiger partial charge in [-0.15, -0.1) is 0 Å². The highest BCUT2D eigenvalue weighted by Crippen LogP contribution is 2.30. The number of halogens is 1. The fourth-order valence-electron chi connectivity index (χ4n) is 2.54. The van der Waals surface area contributed by atoms with Crippen LogP contribution in [0.25, 0.3) is 0 Å². The van der Waals surface area contributed by atoms with Crippen molar-refractivity contribution in [3.63, 3.8) is 0 Å². The summed E-state index contributed by atoms with van der Waals surface area (Å²) in [6, 6.07) is 7.70. The van der Waals surface area contributed by atoms with Gasteiger partial charge >= 0.3 is 0 Å². The summed E-state index contributed by atoms with van der Waals surface area (Å²) in [7, 11) is 2.19. The van der Waals surface area contributed by atoms with Crippen LogP contribution in [0.5, 0.6) is 0 Å². The van der Waals surface area contributed by atoms with Gasteiger partial charge in [-0.3, -0.25) is 0 Å². The third-order valence-electron chi connectivity index (χ3n) is 3.85. The zero-order valence-corrected chi connectivity index (χ0v) is 14.4. The van der Waals surface area contributed by atoms with E-state index < -0.39 is 0 Å². The first kappa shape index (κ1) is 16.5. The highest BCUT2D eigenvalue weighted by Gasteiger charge is 2.15. The SMILES string of the molecule is CCNC(C)c1ccc(N(C)C(CC)CC)c(Br)c1. The van der Waals surface area contributed by atoms with Crippen LogP contribution in [0.1, 0.15) is 52.1 Å². The van der Waals surface area contributed by atoms with Crippen LogP contribution in [-0.2, 0) is 0 Å². The molecule has 1 rings (SSSR count). The van der Waals surface area contributed by atoms with Crippen molar-refractivity contribution < 1.29 is 0 Å². The van der Waals surface area contributed by atoms with E-state index in [-0.39, 0.29) is 0 Å². The van der Waals surface area contributed by atoms with Crippen molar-refractivity contribution in [2.75, 3.05) is 18.5 Å². The second-order valence-electron chi connectivity index (χ2n) is 5.07. The third kappa shape index (κ3) is 4.22. The lowest BCUT2D eigenvalue weighted by Crippen LogP contribution is -2.30. The Balaban J connectivity index is 2.93. The molecule has 1 aromatic carbocycles. The molecule has 108 valence electrons. The lowest BCUT2D eigenvalue weighted by atomic mass is 10.1. The molecule has 0 bridgehead atoms. The van der Waals surface area contributed by atoms with Gasteiger partial charge in [0, 0.05) is 23.6 Å². The molecule has 1 unspecified atom stereocenters. The average Bonchev–Trinajstić information content (AvgIpc) is 2.40. The summed E-state index contributed by atoms with van der Waals surface area (Å²) in [6.45, 7) is 9.84. The summed E-state index contributed by atoms with van der Waals surface area (Å²) in [6.07, 6.45) is 2.35. The van der Waals surface area contributed by atoms with Crippen LogP contribution in [0.3, 0.4) is 0 Å². The first-order chi connectivity index (χ1) is 9.04. The van der Waals surface area contributed by atoms with Gasteiger partial charge in [-0.1, -0.05) is 26.8 Å². The fraction of sp³-hybridized carbons (Fsp3) is 0.625. The predicted molar refractivity (Wildman–Crippen MR) is 89.0 cm³/mol. The molecule has 0 aromatic heterocycles.